The molecule has 0 fully saturated rings. The minimum absolute atomic E-state index is 0.230. The largest absolute Gasteiger partial charge is 0.417 e. The molecule has 0 aliphatic heterocycles. The molecule has 1 aliphatic rings. The van der Waals surface area contributed by atoms with Crippen LogP contribution in [-0.4, -0.2) is 5.78 Å². The van der Waals surface area contributed by atoms with Gasteiger partial charge in [0.2, 0.25) is 0 Å². The fourth-order valence-corrected chi connectivity index (χ4v) is 2.50. The zero-order valence-corrected chi connectivity index (χ0v) is 11.2. The van der Waals surface area contributed by atoms with E-state index in [1.807, 2.05) is 6.08 Å². The predicted octanol–water partition coefficient (Wildman–Crippen LogP) is 5.17. The molecule has 1 nitrogen and oxygen atoms in total. The molecular weight excluding hydrogens is 265 g/mol. The van der Waals surface area contributed by atoms with Gasteiger partial charge in [-0.15, -0.1) is 0 Å². The van der Waals surface area contributed by atoms with Crippen molar-refractivity contribution < 1.29 is 18.0 Å². The number of hydrogen-bond acceptors (Lipinski definition) is 1. The van der Waals surface area contributed by atoms with Crippen LogP contribution < -0.4 is 0 Å². The number of Topliss-reactive ketones (excluding diaryl/α,β-unsaturated/α-hetero) is 1. The third-order valence-electron chi connectivity index (χ3n) is 3.56. The predicted molar refractivity (Wildman–Crippen MR) is 71.6 cm³/mol. The molecule has 0 spiro atoms. The highest BCUT2D eigenvalue weighted by Gasteiger charge is 2.35. The van der Waals surface area contributed by atoms with Crippen LogP contribution in [0.3, 0.4) is 0 Å². The molecule has 1 aromatic carbocycles. The smallest absolute Gasteiger partial charge is 0.289 e. The first-order valence-electron chi connectivity index (χ1n) is 6.90. The summed E-state index contributed by atoms with van der Waals surface area (Å²) in [6.07, 6.45) is 2.69. The number of ketones is 1. The molecule has 0 bridgehead atoms. The van der Waals surface area contributed by atoms with E-state index in [0.29, 0.717) is 12.0 Å². The molecule has 0 aromatic heterocycles. The van der Waals surface area contributed by atoms with E-state index in [-0.39, 0.29) is 5.56 Å². The van der Waals surface area contributed by atoms with E-state index in [2.05, 4.69) is 0 Å². The molecule has 0 unspecified atom stereocenters. The van der Waals surface area contributed by atoms with Gasteiger partial charge < -0.3 is 0 Å². The molecule has 20 heavy (non-hydrogen) atoms. The first kappa shape index (κ1) is 14.8. The van der Waals surface area contributed by atoms with Crippen LogP contribution in [0.1, 0.15) is 54.4 Å². The molecule has 0 amide bonds. The van der Waals surface area contributed by atoms with Crippen LogP contribution in [0.5, 0.6) is 0 Å². The lowest BCUT2D eigenvalue weighted by molar-refractivity contribution is -0.137. The molecule has 4 heteroatoms. The first-order chi connectivity index (χ1) is 9.50. The summed E-state index contributed by atoms with van der Waals surface area (Å²) in [5, 5.41) is 0. The fourth-order valence-electron chi connectivity index (χ4n) is 2.50. The van der Waals surface area contributed by atoms with Gasteiger partial charge >= 0.3 is 6.18 Å². The van der Waals surface area contributed by atoms with Crippen molar-refractivity contribution in [1.29, 1.82) is 0 Å². The SMILES string of the molecule is O=C(/C1=C/CCCCCC1)c1ccccc1C(F)(F)F. The van der Waals surface area contributed by atoms with Gasteiger partial charge in [-0.25, -0.2) is 0 Å². The Hall–Kier alpha value is -1.58. The molecule has 2 rings (SSSR count). The minimum atomic E-state index is -4.49. The maximum Gasteiger partial charge on any atom is 0.417 e. The number of benzene rings is 1. The van der Waals surface area contributed by atoms with Crippen LogP contribution >= 0.6 is 0 Å². The number of hydrogen-bond donors (Lipinski definition) is 0. The van der Waals surface area contributed by atoms with Gasteiger partial charge in [-0.2, -0.15) is 13.2 Å². The van der Waals surface area contributed by atoms with E-state index in [1.165, 1.54) is 18.2 Å². The second-order valence-corrected chi connectivity index (χ2v) is 5.05. The molecule has 108 valence electrons. The maximum absolute atomic E-state index is 12.9. The van der Waals surface area contributed by atoms with Gasteiger partial charge in [-0.3, -0.25) is 4.79 Å². The third-order valence-corrected chi connectivity index (χ3v) is 3.56. The Kier molecular flexibility index (Phi) is 4.63. The summed E-state index contributed by atoms with van der Waals surface area (Å²) in [7, 11) is 0. The monoisotopic (exact) mass is 282 g/mol. The van der Waals surface area contributed by atoms with E-state index in [9.17, 15) is 18.0 Å². The van der Waals surface area contributed by atoms with Crippen LogP contribution in [0.15, 0.2) is 35.9 Å². The molecular formula is C16H17F3O. The highest BCUT2D eigenvalue weighted by molar-refractivity contribution is 6.09. The summed E-state index contributed by atoms with van der Waals surface area (Å²) in [5.41, 5.74) is -0.541. The summed E-state index contributed by atoms with van der Waals surface area (Å²) in [4.78, 5) is 12.4. The van der Waals surface area contributed by atoms with Crippen LogP contribution in [0, 0.1) is 0 Å². The van der Waals surface area contributed by atoms with Gasteiger partial charge in [-0.05, 0) is 37.3 Å². The van der Waals surface area contributed by atoms with E-state index in [1.54, 1.807) is 0 Å². The molecule has 0 saturated heterocycles. The summed E-state index contributed by atoms with van der Waals surface area (Å²) >= 11 is 0. The van der Waals surface area contributed by atoms with Gasteiger partial charge in [0.1, 0.15) is 0 Å². The van der Waals surface area contributed by atoms with Crippen molar-refractivity contribution in [3.05, 3.63) is 47.0 Å². The average Bonchev–Trinajstić information content (AvgIpc) is 2.37. The highest BCUT2D eigenvalue weighted by Crippen LogP contribution is 2.33. The standard InChI is InChI=1S/C16H17F3O/c17-16(18,19)14-11-7-6-10-13(14)15(20)12-8-4-2-1-3-5-9-12/h6-8,10-11H,1-5,9H2/b12-8+. The van der Waals surface area contributed by atoms with E-state index < -0.39 is 17.5 Å². The van der Waals surface area contributed by atoms with Gasteiger partial charge in [-0.1, -0.05) is 37.1 Å². The summed E-state index contributed by atoms with van der Waals surface area (Å²) in [6, 6.07) is 5.03. The summed E-state index contributed by atoms with van der Waals surface area (Å²) in [5.74, 6) is -0.472. The van der Waals surface area contributed by atoms with Gasteiger partial charge in [0, 0.05) is 5.56 Å². The van der Waals surface area contributed by atoms with Crippen LogP contribution in [0.2, 0.25) is 0 Å². The second kappa shape index (κ2) is 6.25. The highest BCUT2D eigenvalue weighted by atomic mass is 19.4. The van der Waals surface area contributed by atoms with Crippen LogP contribution in [0.4, 0.5) is 13.2 Å². The Labute approximate surface area is 116 Å². The number of allylic oxidation sites excluding steroid dienone is 2. The summed E-state index contributed by atoms with van der Waals surface area (Å²) < 4.78 is 38.8. The Morgan fingerprint density at radius 1 is 1.00 bits per heavy atom. The number of carbonyl (C=O) groups excluding carboxylic acids is 1. The normalized spacial score (nSPS) is 19.6. The van der Waals surface area contributed by atoms with Gasteiger partial charge in [0.15, 0.2) is 5.78 Å². The topological polar surface area (TPSA) is 17.1 Å². The lowest BCUT2D eigenvalue weighted by Gasteiger charge is -2.14. The lowest BCUT2D eigenvalue weighted by atomic mass is 9.92. The Balaban J connectivity index is 2.33. The van der Waals surface area contributed by atoms with Crippen molar-refractivity contribution >= 4 is 5.78 Å². The van der Waals surface area contributed by atoms with E-state index in [0.717, 1.165) is 38.2 Å². The molecule has 0 radical (unpaired) electrons. The molecule has 0 N–H and O–H groups in total. The number of rotatable bonds is 2. The third kappa shape index (κ3) is 3.50. The minimum Gasteiger partial charge on any atom is -0.289 e. The second-order valence-electron chi connectivity index (χ2n) is 5.05. The van der Waals surface area contributed by atoms with Crippen molar-refractivity contribution in [2.75, 3.05) is 0 Å². The number of carbonyl (C=O) groups is 1. The Morgan fingerprint density at radius 3 is 2.45 bits per heavy atom. The maximum atomic E-state index is 12.9. The van der Waals surface area contributed by atoms with Crippen LogP contribution in [-0.2, 0) is 6.18 Å². The summed E-state index contributed by atoms with van der Waals surface area (Å²) in [6.45, 7) is 0. The van der Waals surface area contributed by atoms with Crippen molar-refractivity contribution in [1.82, 2.24) is 0 Å². The van der Waals surface area contributed by atoms with E-state index >= 15 is 0 Å². The molecule has 0 atom stereocenters. The van der Waals surface area contributed by atoms with Crippen LogP contribution in [0.25, 0.3) is 0 Å². The molecule has 0 heterocycles. The number of halogens is 3. The molecule has 1 aliphatic carbocycles. The lowest BCUT2D eigenvalue weighted by Crippen LogP contribution is -2.14. The molecule has 1 aromatic rings. The zero-order chi connectivity index (χ0) is 14.6. The zero-order valence-electron chi connectivity index (χ0n) is 11.2. The van der Waals surface area contributed by atoms with Gasteiger partial charge in [0.25, 0.3) is 0 Å². The van der Waals surface area contributed by atoms with Crippen molar-refractivity contribution in [3.63, 3.8) is 0 Å². The first-order valence-corrected chi connectivity index (χ1v) is 6.90. The van der Waals surface area contributed by atoms with Crippen molar-refractivity contribution in [2.24, 2.45) is 0 Å². The van der Waals surface area contributed by atoms with E-state index in [4.69, 9.17) is 0 Å². The number of alkyl halides is 3. The van der Waals surface area contributed by atoms with Gasteiger partial charge in [0.05, 0.1) is 5.56 Å². The van der Waals surface area contributed by atoms with Crippen molar-refractivity contribution in [3.8, 4) is 0 Å². The fraction of sp³-hybridized carbons (Fsp3) is 0.438. The quantitative estimate of drug-likeness (QED) is 0.684. The molecule has 0 saturated carbocycles. The Morgan fingerprint density at radius 2 is 1.70 bits per heavy atom. The Bertz CT molecular complexity index is 515. The average molecular weight is 282 g/mol. The van der Waals surface area contributed by atoms with Crippen molar-refractivity contribution in [2.45, 2.75) is 44.7 Å².